The van der Waals surface area contributed by atoms with Crippen molar-refractivity contribution in [3.05, 3.63) is 60.3 Å². The molecule has 0 unspecified atom stereocenters. The fourth-order valence-corrected chi connectivity index (χ4v) is 2.56. The van der Waals surface area contributed by atoms with Gasteiger partial charge in [0.2, 0.25) is 0 Å². The number of nitrogen functional groups attached to an aromatic ring is 1. The molecule has 0 saturated carbocycles. The molecule has 5 heteroatoms. The first kappa shape index (κ1) is 18.0. The Bertz CT molecular complexity index is 926. The van der Waals surface area contributed by atoms with Crippen LogP contribution in [0.5, 0.6) is 0 Å². The molecule has 3 rings (SSSR count). The van der Waals surface area contributed by atoms with Gasteiger partial charge in [-0.3, -0.25) is 9.78 Å². The van der Waals surface area contributed by atoms with Gasteiger partial charge in [0, 0.05) is 22.8 Å². The Hall–Kier alpha value is -3.39. The number of rotatable bonds is 2. The normalized spacial score (nSPS) is 10.4. The number of nitriles is 1. The fourth-order valence-electron chi connectivity index (χ4n) is 2.56. The minimum Gasteiger partial charge on any atom is -0.483 e. The molecule has 1 aromatic heterocycles. The molecule has 0 atom stereocenters. The maximum Gasteiger partial charge on any atom is 0.290 e. The topological polar surface area (TPSA) is 100 Å². The molecule has 1 heterocycles. The minimum atomic E-state index is -0.486. The molecule has 0 amide bonds. The van der Waals surface area contributed by atoms with Gasteiger partial charge in [-0.2, -0.15) is 5.26 Å². The van der Waals surface area contributed by atoms with Gasteiger partial charge < -0.3 is 10.8 Å². The molecular weight excluding hydrogens is 314 g/mol. The summed E-state index contributed by atoms with van der Waals surface area (Å²) in [6.07, 6.45) is 1.73. The average molecular weight is 333 g/mol. The molecule has 5 nitrogen and oxygen atoms in total. The summed E-state index contributed by atoms with van der Waals surface area (Å²) in [5.74, 6) is 0. The van der Waals surface area contributed by atoms with E-state index in [2.05, 4.69) is 11.1 Å². The number of hydrogen-bond donors (Lipinski definition) is 2. The lowest BCUT2D eigenvalue weighted by Gasteiger charge is -2.16. The average Bonchev–Trinajstić information content (AvgIpc) is 2.62. The highest BCUT2D eigenvalue weighted by molar-refractivity contribution is 5.99. The standard InChI is InChI=1S/C19H17N3.CH2O2/c1-19(2,12-20)14-8-6-13(7-9-14)15-4-3-5-16-17(21)10-11-22-18(15)16;2-1-3/h3-11H,1-2H3,(H2,21,22);1H,(H,2,3). The van der Waals surface area contributed by atoms with Crippen LogP contribution in [-0.4, -0.2) is 16.6 Å². The summed E-state index contributed by atoms with van der Waals surface area (Å²) in [6.45, 7) is 3.59. The zero-order valence-corrected chi connectivity index (χ0v) is 14.1. The Morgan fingerprint density at radius 1 is 1.16 bits per heavy atom. The van der Waals surface area contributed by atoms with Crippen LogP contribution in [0.1, 0.15) is 19.4 Å². The second-order valence-corrected chi connectivity index (χ2v) is 6.02. The number of nitrogens with zero attached hydrogens (tertiary/aromatic N) is 2. The first-order chi connectivity index (χ1) is 11.9. The van der Waals surface area contributed by atoms with Crippen LogP contribution in [-0.2, 0) is 10.2 Å². The van der Waals surface area contributed by atoms with Gasteiger partial charge >= 0.3 is 0 Å². The van der Waals surface area contributed by atoms with Crippen molar-refractivity contribution < 1.29 is 9.90 Å². The zero-order valence-electron chi connectivity index (χ0n) is 14.1. The summed E-state index contributed by atoms with van der Waals surface area (Å²) in [4.78, 5) is 12.8. The number of anilines is 1. The molecule has 3 N–H and O–H groups in total. The number of hydrogen-bond acceptors (Lipinski definition) is 4. The number of fused-ring (bicyclic) bond motifs is 1. The predicted molar refractivity (Wildman–Crippen MR) is 98.9 cm³/mol. The monoisotopic (exact) mass is 333 g/mol. The zero-order chi connectivity index (χ0) is 18.4. The fraction of sp³-hybridized carbons (Fsp3) is 0.150. The van der Waals surface area contributed by atoms with Gasteiger partial charge in [0.1, 0.15) is 0 Å². The van der Waals surface area contributed by atoms with Crippen molar-refractivity contribution in [3.8, 4) is 17.2 Å². The van der Waals surface area contributed by atoms with E-state index < -0.39 is 5.41 Å². The molecular formula is C20H19N3O2. The summed E-state index contributed by atoms with van der Waals surface area (Å²) >= 11 is 0. The summed E-state index contributed by atoms with van der Waals surface area (Å²) in [5, 5.41) is 17.1. The Kier molecular flexibility index (Phi) is 5.35. The lowest BCUT2D eigenvalue weighted by atomic mass is 9.85. The Morgan fingerprint density at radius 2 is 1.80 bits per heavy atom. The van der Waals surface area contributed by atoms with E-state index in [4.69, 9.17) is 15.6 Å². The minimum absolute atomic E-state index is 0.250. The number of carboxylic acid groups (broad SMARTS) is 1. The second kappa shape index (κ2) is 7.45. The second-order valence-electron chi connectivity index (χ2n) is 6.02. The van der Waals surface area contributed by atoms with E-state index in [1.807, 2.05) is 62.4 Å². The van der Waals surface area contributed by atoms with Gasteiger partial charge in [-0.1, -0.05) is 42.5 Å². The number of carbonyl (C=O) groups is 1. The maximum absolute atomic E-state index is 9.23. The molecule has 0 fully saturated rings. The molecule has 0 aliphatic heterocycles. The summed E-state index contributed by atoms with van der Waals surface area (Å²) in [5.41, 5.74) is 10.3. The van der Waals surface area contributed by atoms with Crippen molar-refractivity contribution in [1.29, 1.82) is 5.26 Å². The lowest BCUT2D eigenvalue weighted by Crippen LogP contribution is -2.13. The molecule has 25 heavy (non-hydrogen) atoms. The van der Waals surface area contributed by atoms with E-state index >= 15 is 0 Å². The van der Waals surface area contributed by atoms with Crippen molar-refractivity contribution in [3.63, 3.8) is 0 Å². The van der Waals surface area contributed by atoms with Crippen molar-refractivity contribution in [1.82, 2.24) is 4.98 Å². The number of nitrogens with two attached hydrogens (primary N) is 1. The third-order valence-corrected chi connectivity index (χ3v) is 4.00. The molecule has 0 bridgehead atoms. The first-order valence-corrected chi connectivity index (χ1v) is 7.68. The van der Waals surface area contributed by atoms with Gasteiger partial charge in [0.25, 0.3) is 6.47 Å². The van der Waals surface area contributed by atoms with Gasteiger partial charge in [-0.25, -0.2) is 0 Å². The Morgan fingerprint density at radius 3 is 2.40 bits per heavy atom. The Labute approximate surface area is 146 Å². The van der Waals surface area contributed by atoms with E-state index in [1.165, 1.54) is 0 Å². The predicted octanol–water partition coefficient (Wildman–Crippen LogP) is 3.99. The van der Waals surface area contributed by atoms with Crippen LogP contribution in [0.15, 0.2) is 54.7 Å². The number of para-hydroxylation sites is 1. The van der Waals surface area contributed by atoms with Crippen LogP contribution in [0.25, 0.3) is 22.0 Å². The van der Waals surface area contributed by atoms with Gasteiger partial charge in [0.15, 0.2) is 0 Å². The van der Waals surface area contributed by atoms with Crippen LogP contribution in [0.2, 0.25) is 0 Å². The highest BCUT2D eigenvalue weighted by Gasteiger charge is 2.19. The molecule has 126 valence electrons. The van der Waals surface area contributed by atoms with E-state index in [-0.39, 0.29) is 6.47 Å². The molecule has 0 aliphatic carbocycles. The van der Waals surface area contributed by atoms with Gasteiger partial charge in [-0.15, -0.1) is 0 Å². The number of aromatic nitrogens is 1. The van der Waals surface area contributed by atoms with Gasteiger partial charge in [-0.05, 0) is 31.0 Å². The summed E-state index contributed by atoms with van der Waals surface area (Å²) in [7, 11) is 0. The van der Waals surface area contributed by atoms with Crippen LogP contribution in [0.4, 0.5) is 5.69 Å². The summed E-state index contributed by atoms with van der Waals surface area (Å²) < 4.78 is 0. The quantitative estimate of drug-likeness (QED) is 0.691. The lowest BCUT2D eigenvalue weighted by molar-refractivity contribution is -0.122. The van der Waals surface area contributed by atoms with Crippen LogP contribution in [0, 0.1) is 11.3 Å². The first-order valence-electron chi connectivity index (χ1n) is 7.68. The molecule has 0 aliphatic rings. The summed E-state index contributed by atoms with van der Waals surface area (Å²) in [6, 6.07) is 18.2. The highest BCUT2D eigenvalue weighted by atomic mass is 16.3. The van der Waals surface area contributed by atoms with Crippen LogP contribution in [0.3, 0.4) is 0 Å². The molecule has 0 saturated heterocycles. The van der Waals surface area contributed by atoms with Crippen LogP contribution >= 0.6 is 0 Å². The van der Waals surface area contributed by atoms with E-state index in [1.54, 1.807) is 6.20 Å². The SMILES string of the molecule is CC(C)(C#N)c1ccc(-c2cccc3c(N)ccnc23)cc1.O=CO. The number of pyridine rings is 1. The largest absolute Gasteiger partial charge is 0.483 e. The van der Waals surface area contributed by atoms with Crippen molar-refractivity contribution in [2.45, 2.75) is 19.3 Å². The van der Waals surface area contributed by atoms with Gasteiger partial charge in [0.05, 0.1) is 17.0 Å². The van der Waals surface area contributed by atoms with Crippen molar-refractivity contribution in [2.75, 3.05) is 5.73 Å². The molecule has 0 spiro atoms. The van der Waals surface area contributed by atoms with E-state index in [9.17, 15) is 5.26 Å². The third kappa shape index (κ3) is 3.75. The van der Waals surface area contributed by atoms with E-state index in [0.29, 0.717) is 0 Å². The highest BCUT2D eigenvalue weighted by Crippen LogP contribution is 2.31. The molecule has 0 radical (unpaired) electrons. The third-order valence-electron chi connectivity index (χ3n) is 4.00. The number of benzene rings is 2. The maximum atomic E-state index is 9.23. The Balaban J connectivity index is 0.000000701. The van der Waals surface area contributed by atoms with Crippen LogP contribution < -0.4 is 5.73 Å². The van der Waals surface area contributed by atoms with Crippen molar-refractivity contribution >= 4 is 23.1 Å². The van der Waals surface area contributed by atoms with E-state index in [0.717, 1.165) is 33.3 Å². The van der Waals surface area contributed by atoms with Crippen molar-refractivity contribution in [2.24, 2.45) is 0 Å². The molecule has 3 aromatic rings. The smallest absolute Gasteiger partial charge is 0.290 e. The molecule has 2 aromatic carbocycles.